The predicted octanol–water partition coefficient (Wildman–Crippen LogP) is 5.97. The molecule has 1 aliphatic heterocycles. The number of aromatic amines is 1. The van der Waals surface area contributed by atoms with Crippen LogP contribution in [0.4, 0.5) is 19.0 Å². The number of benzene rings is 2. The van der Waals surface area contributed by atoms with Crippen LogP contribution in [0.3, 0.4) is 0 Å². The molecule has 3 heterocycles. The number of rotatable bonds is 4. The number of aromatic hydroxyl groups is 1. The normalized spacial score (nSPS) is 13.6. The Labute approximate surface area is 247 Å². The Kier molecular flexibility index (Phi) is 7.86. The number of aromatic nitrogens is 2. The molecule has 13 heteroatoms. The third kappa shape index (κ3) is 5.64. The zero-order valence-corrected chi connectivity index (χ0v) is 23.1. The van der Waals surface area contributed by atoms with Crippen molar-refractivity contribution in [3.63, 3.8) is 0 Å². The highest BCUT2D eigenvalue weighted by Gasteiger charge is 2.32. The van der Waals surface area contributed by atoms with Gasteiger partial charge in [-0.05, 0) is 48.5 Å². The minimum atomic E-state index is -4.71. The van der Waals surface area contributed by atoms with Gasteiger partial charge in [0.1, 0.15) is 23.2 Å². The maximum Gasteiger partial charge on any atom is 0.416 e. The number of anilines is 1. The van der Waals surface area contributed by atoms with Gasteiger partial charge in [-0.25, -0.2) is 4.98 Å². The predicted molar refractivity (Wildman–Crippen MR) is 152 cm³/mol. The molecule has 0 saturated carbocycles. The lowest BCUT2D eigenvalue weighted by atomic mass is 9.96. The summed E-state index contributed by atoms with van der Waals surface area (Å²) in [5.41, 5.74) is -3.13. The number of hydrogen-bond acceptors (Lipinski definition) is 6. The Hall–Kier alpha value is -4.53. The summed E-state index contributed by atoms with van der Waals surface area (Å²) in [4.78, 5) is 36.7. The highest BCUT2D eigenvalue weighted by molar-refractivity contribution is 6.33. The second kappa shape index (κ2) is 11.4. The van der Waals surface area contributed by atoms with Gasteiger partial charge in [-0.1, -0.05) is 29.3 Å². The number of alkyl halides is 3. The highest BCUT2D eigenvalue weighted by Crippen LogP contribution is 2.40. The number of nitrogens with one attached hydrogen (secondary N) is 1. The van der Waals surface area contributed by atoms with Gasteiger partial charge in [0, 0.05) is 59.1 Å². The Morgan fingerprint density at radius 1 is 1.00 bits per heavy atom. The van der Waals surface area contributed by atoms with Gasteiger partial charge >= 0.3 is 6.18 Å². The second-order valence-corrected chi connectivity index (χ2v) is 10.3. The summed E-state index contributed by atoms with van der Waals surface area (Å²) < 4.78 is 40.3. The summed E-state index contributed by atoms with van der Waals surface area (Å²) in [6, 6.07) is 13.6. The fourth-order valence-corrected chi connectivity index (χ4v) is 5.19. The minimum absolute atomic E-state index is 0.0575. The molecule has 0 aliphatic carbocycles. The molecule has 214 valence electrons. The molecule has 0 spiro atoms. The second-order valence-electron chi connectivity index (χ2n) is 9.42. The topological polar surface area (TPSA) is 113 Å². The molecule has 2 aromatic carbocycles. The maximum atomic E-state index is 13.5. The van der Waals surface area contributed by atoms with E-state index in [1.165, 1.54) is 18.2 Å². The van der Waals surface area contributed by atoms with Crippen LogP contribution < -0.4 is 10.5 Å². The molecule has 0 radical (unpaired) electrons. The summed E-state index contributed by atoms with van der Waals surface area (Å²) in [7, 11) is 0. The van der Waals surface area contributed by atoms with Gasteiger partial charge in [0.15, 0.2) is 0 Å². The quantitative estimate of drug-likeness (QED) is 0.293. The minimum Gasteiger partial charge on any atom is -0.506 e. The average Bonchev–Trinajstić information content (AvgIpc) is 2.97. The van der Waals surface area contributed by atoms with Crippen molar-refractivity contribution >= 4 is 34.9 Å². The van der Waals surface area contributed by atoms with E-state index in [1.54, 1.807) is 23.2 Å². The summed E-state index contributed by atoms with van der Waals surface area (Å²) in [6.45, 7) is 1.67. The van der Waals surface area contributed by atoms with Gasteiger partial charge in [-0.2, -0.15) is 18.4 Å². The molecule has 1 aliphatic rings. The van der Waals surface area contributed by atoms with E-state index in [1.807, 2.05) is 17.0 Å². The molecular formula is C29H20Cl2F3N5O3. The lowest BCUT2D eigenvalue weighted by Gasteiger charge is -2.35. The van der Waals surface area contributed by atoms with Crippen LogP contribution in [-0.4, -0.2) is 52.1 Å². The van der Waals surface area contributed by atoms with Crippen LogP contribution in [0.2, 0.25) is 10.0 Å². The standard InChI is InChI=1S/C29H20Cl2F3N5O3/c30-17-12-20(26(40)21(13-17)28(42)39-9-7-38(8-10-39)25-3-1-2-6-36-25)24-14-18(22(15-35)27(41)37-24)19-11-16(29(32,33)34)4-5-23(19)31/h1-6,11-14,40H,7-10H2,(H,37,41). The number of halogens is 5. The summed E-state index contributed by atoms with van der Waals surface area (Å²) in [5.74, 6) is -0.231. The van der Waals surface area contributed by atoms with Gasteiger partial charge in [-0.15, -0.1) is 0 Å². The fraction of sp³-hybridized carbons (Fsp3) is 0.172. The van der Waals surface area contributed by atoms with Crippen molar-refractivity contribution in [3.8, 4) is 34.2 Å². The van der Waals surface area contributed by atoms with Crippen LogP contribution in [0.15, 0.2) is 65.6 Å². The van der Waals surface area contributed by atoms with E-state index in [2.05, 4.69) is 9.97 Å². The van der Waals surface area contributed by atoms with E-state index in [4.69, 9.17) is 23.2 Å². The van der Waals surface area contributed by atoms with E-state index in [9.17, 15) is 33.1 Å². The number of nitriles is 1. The van der Waals surface area contributed by atoms with Gasteiger partial charge in [0.25, 0.3) is 11.5 Å². The molecule has 1 amide bonds. The summed E-state index contributed by atoms with van der Waals surface area (Å²) in [6.07, 6.45) is -3.03. The summed E-state index contributed by atoms with van der Waals surface area (Å²) >= 11 is 12.5. The van der Waals surface area contributed by atoms with Crippen LogP contribution in [0.5, 0.6) is 5.75 Å². The zero-order chi connectivity index (χ0) is 30.2. The average molecular weight is 614 g/mol. The molecule has 0 atom stereocenters. The van der Waals surface area contributed by atoms with E-state index < -0.39 is 34.5 Å². The van der Waals surface area contributed by atoms with E-state index in [0.29, 0.717) is 26.2 Å². The van der Waals surface area contributed by atoms with Crippen LogP contribution in [0.1, 0.15) is 21.5 Å². The van der Waals surface area contributed by atoms with E-state index in [0.717, 1.165) is 24.0 Å². The lowest BCUT2D eigenvalue weighted by Crippen LogP contribution is -2.49. The van der Waals surface area contributed by atoms with Gasteiger partial charge < -0.3 is 19.9 Å². The SMILES string of the molecule is N#Cc1c(-c2cc(C(F)(F)F)ccc2Cl)cc(-c2cc(Cl)cc(C(=O)N3CCN(c4ccccn4)CC3)c2O)[nH]c1=O. The molecule has 1 fully saturated rings. The number of amides is 1. The molecule has 0 bridgehead atoms. The van der Waals surface area contributed by atoms with Gasteiger partial charge in [0.05, 0.1) is 16.8 Å². The van der Waals surface area contributed by atoms with Crippen molar-refractivity contribution in [2.24, 2.45) is 0 Å². The molecular weight excluding hydrogens is 594 g/mol. The Balaban J connectivity index is 1.53. The monoisotopic (exact) mass is 613 g/mol. The molecule has 4 aromatic rings. The Bertz CT molecular complexity index is 1780. The van der Waals surface area contributed by atoms with Crippen molar-refractivity contribution in [1.82, 2.24) is 14.9 Å². The molecule has 8 nitrogen and oxygen atoms in total. The van der Waals surface area contributed by atoms with Crippen LogP contribution >= 0.6 is 23.2 Å². The molecule has 2 aromatic heterocycles. The van der Waals surface area contributed by atoms with E-state index >= 15 is 0 Å². The first-order valence-electron chi connectivity index (χ1n) is 12.5. The van der Waals surface area contributed by atoms with Crippen LogP contribution in [-0.2, 0) is 6.18 Å². The number of pyridine rings is 2. The zero-order valence-electron chi connectivity index (χ0n) is 21.5. The third-order valence-electron chi connectivity index (χ3n) is 6.86. The first-order valence-corrected chi connectivity index (χ1v) is 13.3. The van der Waals surface area contributed by atoms with Crippen molar-refractivity contribution in [2.75, 3.05) is 31.1 Å². The summed E-state index contributed by atoms with van der Waals surface area (Å²) in [5, 5.41) is 20.7. The van der Waals surface area contributed by atoms with Crippen molar-refractivity contribution in [3.05, 3.63) is 97.9 Å². The van der Waals surface area contributed by atoms with Crippen molar-refractivity contribution in [1.29, 1.82) is 5.26 Å². The first kappa shape index (κ1) is 29.0. The Morgan fingerprint density at radius 2 is 1.74 bits per heavy atom. The highest BCUT2D eigenvalue weighted by atomic mass is 35.5. The van der Waals surface area contributed by atoms with Crippen LogP contribution in [0.25, 0.3) is 22.4 Å². The smallest absolute Gasteiger partial charge is 0.416 e. The largest absolute Gasteiger partial charge is 0.506 e. The molecule has 2 N–H and O–H groups in total. The number of phenolic OH excluding ortho intramolecular Hbond substituents is 1. The lowest BCUT2D eigenvalue weighted by molar-refractivity contribution is -0.137. The molecule has 42 heavy (non-hydrogen) atoms. The fourth-order valence-electron chi connectivity index (χ4n) is 4.75. The van der Waals surface area contributed by atoms with Crippen LogP contribution in [0, 0.1) is 11.3 Å². The number of phenols is 1. The Morgan fingerprint density at radius 3 is 2.38 bits per heavy atom. The number of hydrogen-bond donors (Lipinski definition) is 2. The maximum absolute atomic E-state index is 13.5. The molecule has 5 rings (SSSR count). The van der Waals surface area contributed by atoms with Gasteiger partial charge in [-0.3, -0.25) is 9.59 Å². The number of carbonyl (C=O) groups excluding carboxylic acids is 1. The van der Waals surface area contributed by atoms with Crippen molar-refractivity contribution < 1.29 is 23.1 Å². The van der Waals surface area contributed by atoms with Gasteiger partial charge in [0.2, 0.25) is 0 Å². The third-order valence-corrected chi connectivity index (χ3v) is 7.41. The van der Waals surface area contributed by atoms with Crippen molar-refractivity contribution in [2.45, 2.75) is 6.18 Å². The number of nitrogens with zero attached hydrogens (tertiary/aromatic N) is 4. The number of carbonyl (C=O) groups is 1. The number of piperazine rings is 1. The molecule has 0 unspecified atom stereocenters. The van der Waals surface area contributed by atoms with E-state index in [-0.39, 0.29) is 38.0 Å². The number of H-pyrrole nitrogens is 1. The molecule has 1 saturated heterocycles. The first-order chi connectivity index (χ1) is 20.0.